The molecule has 0 aliphatic carbocycles. The Labute approximate surface area is 115 Å². The highest BCUT2D eigenvalue weighted by atomic mass is 16.6. The van der Waals surface area contributed by atoms with Gasteiger partial charge < -0.3 is 10.5 Å². The number of hydrogen-bond donors (Lipinski definition) is 1. The zero-order valence-electron chi connectivity index (χ0n) is 11.0. The largest absolute Gasteiger partial charge is 0.466 e. The van der Waals surface area contributed by atoms with Crippen LogP contribution in [0.5, 0.6) is 0 Å². The molecular weight excluding hydrogens is 260 g/mol. The van der Waals surface area contributed by atoms with E-state index < -0.39 is 10.9 Å². The lowest BCUT2D eigenvalue weighted by molar-refractivity contribution is -0.385. The number of nitrogen functional groups attached to an aromatic ring is 1. The van der Waals surface area contributed by atoms with E-state index in [0.29, 0.717) is 22.0 Å². The van der Waals surface area contributed by atoms with E-state index >= 15 is 0 Å². The molecule has 0 amide bonds. The third-order valence-corrected chi connectivity index (χ3v) is 2.99. The number of hydrogen-bond acceptors (Lipinski definition) is 5. The number of benzene rings is 2. The first-order valence-corrected chi connectivity index (χ1v) is 6.14. The summed E-state index contributed by atoms with van der Waals surface area (Å²) in [7, 11) is 0. The van der Waals surface area contributed by atoms with Crippen molar-refractivity contribution in [2.45, 2.75) is 13.3 Å². The molecule has 2 rings (SSSR count). The van der Waals surface area contributed by atoms with E-state index in [0.717, 1.165) is 0 Å². The average Bonchev–Trinajstić information content (AvgIpc) is 2.42. The Hall–Kier alpha value is -2.63. The fraction of sp³-hybridized carbons (Fsp3) is 0.214. The van der Waals surface area contributed by atoms with Crippen LogP contribution in [0.25, 0.3) is 10.8 Å². The van der Waals surface area contributed by atoms with Crippen molar-refractivity contribution >= 4 is 28.1 Å². The summed E-state index contributed by atoms with van der Waals surface area (Å²) in [5.74, 6) is -0.495. The summed E-state index contributed by atoms with van der Waals surface area (Å²) in [6.45, 7) is 1.92. The Kier molecular flexibility index (Phi) is 3.84. The van der Waals surface area contributed by atoms with Gasteiger partial charge >= 0.3 is 5.97 Å². The highest BCUT2D eigenvalue weighted by Crippen LogP contribution is 2.33. The molecule has 0 fully saturated rings. The van der Waals surface area contributed by atoms with Crippen LogP contribution in [0, 0.1) is 10.1 Å². The number of rotatable bonds is 4. The van der Waals surface area contributed by atoms with Crippen LogP contribution in [0.2, 0.25) is 0 Å². The van der Waals surface area contributed by atoms with Crippen molar-refractivity contribution in [2.75, 3.05) is 12.3 Å². The number of ether oxygens (including phenoxy) is 1. The van der Waals surface area contributed by atoms with E-state index in [9.17, 15) is 14.9 Å². The summed E-state index contributed by atoms with van der Waals surface area (Å²) >= 11 is 0. The number of fused-ring (bicyclic) bond motifs is 1. The standard InChI is InChI=1S/C14H14N2O4/c1-2-20-14(17)7-11-9-5-3-4-6-10(9)12(15)8-13(11)16(18)19/h3-6,8H,2,7,15H2,1H3. The fourth-order valence-electron chi connectivity index (χ4n) is 2.15. The van der Waals surface area contributed by atoms with Gasteiger partial charge in [-0.15, -0.1) is 0 Å². The fourth-order valence-corrected chi connectivity index (χ4v) is 2.15. The van der Waals surface area contributed by atoms with Gasteiger partial charge in [-0.3, -0.25) is 14.9 Å². The molecule has 0 saturated heterocycles. The molecule has 0 spiro atoms. The number of carbonyl (C=O) groups excluding carboxylic acids is 1. The summed E-state index contributed by atoms with van der Waals surface area (Å²) in [4.78, 5) is 22.3. The highest BCUT2D eigenvalue weighted by molar-refractivity contribution is 5.99. The second-order valence-corrected chi connectivity index (χ2v) is 4.25. The van der Waals surface area contributed by atoms with Crippen LogP contribution in [-0.2, 0) is 16.0 Å². The molecule has 6 heteroatoms. The van der Waals surface area contributed by atoms with Crippen molar-refractivity contribution in [3.8, 4) is 0 Å². The van der Waals surface area contributed by atoms with Crippen LogP contribution in [0.1, 0.15) is 12.5 Å². The maximum absolute atomic E-state index is 11.6. The van der Waals surface area contributed by atoms with E-state index in [4.69, 9.17) is 10.5 Å². The Balaban J connectivity index is 2.64. The second-order valence-electron chi connectivity index (χ2n) is 4.25. The van der Waals surface area contributed by atoms with E-state index in [2.05, 4.69) is 0 Å². The quantitative estimate of drug-likeness (QED) is 0.400. The van der Waals surface area contributed by atoms with Crippen LogP contribution < -0.4 is 5.73 Å². The topological polar surface area (TPSA) is 95.5 Å². The van der Waals surface area contributed by atoms with Gasteiger partial charge in [-0.2, -0.15) is 0 Å². The molecule has 0 saturated carbocycles. The lowest BCUT2D eigenvalue weighted by Crippen LogP contribution is -2.10. The summed E-state index contributed by atoms with van der Waals surface area (Å²) < 4.78 is 4.87. The van der Waals surface area contributed by atoms with Crippen LogP contribution in [-0.4, -0.2) is 17.5 Å². The van der Waals surface area contributed by atoms with E-state index in [-0.39, 0.29) is 18.7 Å². The molecule has 0 aliphatic rings. The maximum atomic E-state index is 11.6. The number of nitro groups is 1. The van der Waals surface area contributed by atoms with Gasteiger partial charge in [-0.05, 0) is 12.3 Å². The van der Waals surface area contributed by atoms with Crippen molar-refractivity contribution in [3.05, 3.63) is 46.0 Å². The predicted molar refractivity (Wildman–Crippen MR) is 75.4 cm³/mol. The van der Waals surface area contributed by atoms with Gasteiger partial charge in [0.15, 0.2) is 0 Å². The van der Waals surface area contributed by atoms with Gasteiger partial charge in [0.05, 0.1) is 18.0 Å². The van der Waals surface area contributed by atoms with Gasteiger partial charge in [-0.1, -0.05) is 24.3 Å². The third kappa shape index (κ3) is 2.54. The normalized spacial score (nSPS) is 10.4. The van der Waals surface area contributed by atoms with Crippen LogP contribution in [0.15, 0.2) is 30.3 Å². The van der Waals surface area contributed by atoms with E-state index in [1.165, 1.54) is 6.07 Å². The van der Waals surface area contributed by atoms with Crippen LogP contribution in [0.4, 0.5) is 11.4 Å². The molecular formula is C14H14N2O4. The van der Waals surface area contributed by atoms with Gasteiger partial charge in [0, 0.05) is 22.7 Å². The monoisotopic (exact) mass is 274 g/mol. The van der Waals surface area contributed by atoms with Crippen molar-refractivity contribution in [1.29, 1.82) is 0 Å². The van der Waals surface area contributed by atoms with E-state index in [1.807, 2.05) is 0 Å². The van der Waals surface area contributed by atoms with Gasteiger partial charge in [0.1, 0.15) is 0 Å². The highest BCUT2D eigenvalue weighted by Gasteiger charge is 2.21. The molecule has 2 aromatic rings. The first-order chi connectivity index (χ1) is 9.54. The minimum Gasteiger partial charge on any atom is -0.466 e. The number of nitrogens with zero attached hydrogens (tertiary/aromatic N) is 1. The lowest BCUT2D eigenvalue weighted by atomic mass is 9.99. The molecule has 0 aromatic heterocycles. The van der Waals surface area contributed by atoms with Crippen molar-refractivity contribution in [1.82, 2.24) is 0 Å². The summed E-state index contributed by atoms with van der Waals surface area (Å²) in [5, 5.41) is 12.5. The predicted octanol–water partition coefficient (Wildman–Crippen LogP) is 2.44. The number of anilines is 1. The molecule has 2 N–H and O–H groups in total. The first kappa shape index (κ1) is 13.8. The molecule has 0 bridgehead atoms. The Morgan fingerprint density at radius 3 is 2.60 bits per heavy atom. The van der Waals surface area contributed by atoms with Crippen molar-refractivity contribution in [3.63, 3.8) is 0 Å². The van der Waals surface area contributed by atoms with Crippen LogP contribution in [0.3, 0.4) is 0 Å². The van der Waals surface area contributed by atoms with E-state index in [1.54, 1.807) is 31.2 Å². The Morgan fingerprint density at radius 2 is 2.00 bits per heavy atom. The van der Waals surface area contributed by atoms with Gasteiger partial charge in [-0.25, -0.2) is 0 Å². The second kappa shape index (κ2) is 5.56. The smallest absolute Gasteiger partial charge is 0.310 e. The Bertz CT molecular complexity index is 682. The van der Waals surface area contributed by atoms with Gasteiger partial charge in [0.25, 0.3) is 5.69 Å². The SMILES string of the molecule is CCOC(=O)Cc1c([N+](=O)[O-])cc(N)c2ccccc12. The minimum atomic E-state index is -0.530. The molecule has 20 heavy (non-hydrogen) atoms. The zero-order chi connectivity index (χ0) is 14.7. The number of carbonyl (C=O) groups is 1. The molecule has 0 unspecified atom stereocenters. The third-order valence-electron chi connectivity index (χ3n) is 2.99. The molecule has 0 radical (unpaired) electrons. The maximum Gasteiger partial charge on any atom is 0.310 e. The minimum absolute atomic E-state index is 0.148. The number of esters is 1. The van der Waals surface area contributed by atoms with Crippen LogP contribution >= 0.6 is 0 Å². The average molecular weight is 274 g/mol. The molecule has 0 atom stereocenters. The molecule has 0 heterocycles. The molecule has 104 valence electrons. The summed E-state index contributed by atoms with van der Waals surface area (Å²) in [5.41, 5.74) is 6.33. The number of nitrogens with two attached hydrogens (primary N) is 1. The molecule has 2 aromatic carbocycles. The number of nitro benzene ring substituents is 1. The van der Waals surface area contributed by atoms with Gasteiger partial charge in [0.2, 0.25) is 0 Å². The summed E-state index contributed by atoms with van der Waals surface area (Å²) in [6.07, 6.45) is -0.148. The summed E-state index contributed by atoms with van der Waals surface area (Å²) in [6, 6.07) is 8.31. The van der Waals surface area contributed by atoms with Crippen molar-refractivity contribution < 1.29 is 14.5 Å². The Morgan fingerprint density at radius 1 is 1.35 bits per heavy atom. The van der Waals surface area contributed by atoms with Crippen molar-refractivity contribution in [2.24, 2.45) is 0 Å². The zero-order valence-corrected chi connectivity index (χ0v) is 11.0. The lowest BCUT2D eigenvalue weighted by Gasteiger charge is -2.09. The first-order valence-electron chi connectivity index (χ1n) is 6.14. The molecule has 0 aliphatic heterocycles. The molecule has 6 nitrogen and oxygen atoms in total.